The lowest BCUT2D eigenvalue weighted by molar-refractivity contribution is -0.119. The molecule has 0 bridgehead atoms. The van der Waals surface area contributed by atoms with Crippen LogP contribution >= 0.6 is 0 Å². The summed E-state index contributed by atoms with van der Waals surface area (Å²) in [6, 6.07) is 7.89. The minimum atomic E-state index is -0.501. The Bertz CT molecular complexity index is 333. The molecule has 4 nitrogen and oxygen atoms in total. The Kier molecular flexibility index (Phi) is 4.95. The Morgan fingerprint density at radius 1 is 1.25 bits per heavy atom. The number of aliphatic hydroxyl groups excluding tert-OH is 1. The number of rotatable bonds is 5. The summed E-state index contributed by atoms with van der Waals surface area (Å²) in [6.07, 6.45) is -0.501. The number of nitrogens with one attached hydrogen (secondary N) is 2. The summed E-state index contributed by atoms with van der Waals surface area (Å²) >= 11 is 0. The first-order valence-corrected chi connectivity index (χ1v) is 5.31. The van der Waals surface area contributed by atoms with E-state index in [4.69, 9.17) is 5.11 Å². The quantitative estimate of drug-likeness (QED) is 0.644. The second-order valence-corrected chi connectivity index (χ2v) is 3.78. The van der Waals surface area contributed by atoms with Crippen molar-refractivity contribution in [2.45, 2.75) is 33.2 Å². The molecule has 0 saturated carbocycles. The zero-order chi connectivity index (χ0) is 12.0. The van der Waals surface area contributed by atoms with Crippen molar-refractivity contribution in [3.05, 3.63) is 35.4 Å². The first-order valence-electron chi connectivity index (χ1n) is 5.31. The molecule has 1 amide bonds. The van der Waals surface area contributed by atoms with Crippen LogP contribution in [0.4, 0.5) is 0 Å². The van der Waals surface area contributed by atoms with Gasteiger partial charge in [-0.15, -0.1) is 0 Å². The SMILES string of the molecule is CC(=O)NCc1ccc(CNC(C)O)cc1. The molecule has 0 spiro atoms. The highest BCUT2D eigenvalue weighted by atomic mass is 16.3. The van der Waals surface area contributed by atoms with Crippen LogP contribution in [0.2, 0.25) is 0 Å². The average Bonchev–Trinajstić information content (AvgIpc) is 2.25. The molecule has 0 radical (unpaired) electrons. The van der Waals surface area contributed by atoms with Gasteiger partial charge in [0.15, 0.2) is 0 Å². The second kappa shape index (κ2) is 6.25. The number of benzene rings is 1. The summed E-state index contributed by atoms with van der Waals surface area (Å²) in [7, 11) is 0. The Balaban J connectivity index is 2.44. The van der Waals surface area contributed by atoms with E-state index in [1.54, 1.807) is 6.92 Å². The van der Waals surface area contributed by atoms with Crippen LogP contribution < -0.4 is 10.6 Å². The number of carbonyl (C=O) groups is 1. The molecule has 0 aliphatic rings. The smallest absolute Gasteiger partial charge is 0.217 e. The van der Waals surface area contributed by atoms with Crippen molar-refractivity contribution in [1.29, 1.82) is 0 Å². The van der Waals surface area contributed by atoms with Crippen LogP contribution in [-0.2, 0) is 17.9 Å². The molecule has 1 unspecified atom stereocenters. The van der Waals surface area contributed by atoms with Gasteiger partial charge in [-0.2, -0.15) is 0 Å². The average molecular weight is 222 g/mol. The van der Waals surface area contributed by atoms with Crippen molar-refractivity contribution in [2.24, 2.45) is 0 Å². The molecule has 88 valence electrons. The summed E-state index contributed by atoms with van der Waals surface area (Å²) in [5.74, 6) is -0.0279. The minimum Gasteiger partial charge on any atom is -0.379 e. The Morgan fingerprint density at radius 3 is 2.19 bits per heavy atom. The first-order chi connectivity index (χ1) is 7.58. The number of hydrogen-bond donors (Lipinski definition) is 3. The third kappa shape index (κ3) is 4.91. The zero-order valence-corrected chi connectivity index (χ0v) is 9.66. The van der Waals surface area contributed by atoms with Gasteiger partial charge in [-0.25, -0.2) is 0 Å². The molecule has 0 fully saturated rings. The summed E-state index contributed by atoms with van der Waals surface area (Å²) in [5.41, 5.74) is 2.17. The number of amides is 1. The predicted molar refractivity (Wildman–Crippen MR) is 62.5 cm³/mol. The summed E-state index contributed by atoms with van der Waals surface area (Å²) < 4.78 is 0. The maximum absolute atomic E-state index is 10.7. The van der Waals surface area contributed by atoms with Gasteiger partial charge < -0.3 is 10.4 Å². The van der Waals surface area contributed by atoms with Gasteiger partial charge in [-0.3, -0.25) is 10.1 Å². The normalized spacial score (nSPS) is 12.2. The fourth-order valence-electron chi connectivity index (χ4n) is 1.27. The molecular formula is C12H18N2O2. The maximum Gasteiger partial charge on any atom is 0.217 e. The summed E-state index contributed by atoms with van der Waals surface area (Å²) in [6.45, 7) is 4.38. The van der Waals surface area contributed by atoms with Crippen LogP contribution in [0.25, 0.3) is 0 Å². The first kappa shape index (κ1) is 12.7. The standard InChI is InChI=1S/C12H18N2O2/c1-9(15)13-7-11-3-5-12(6-4-11)8-14-10(2)16/h3-6,9,13,15H,7-8H2,1-2H3,(H,14,16). The molecule has 1 aromatic carbocycles. The largest absolute Gasteiger partial charge is 0.379 e. The van der Waals surface area contributed by atoms with E-state index in [0.717, 1.165) is 11.1 Å². The van der Waals surface area contributed by atoms with Gasteiger partial charge in [0.1, 0.15) is 6.23 Å². The van der Waals surface area contributed by atoms with Crippen LogP contribution in [0, 0.1) is 0 Å². The fraction of sp³-hybridized carbons (Fsp3) is 0.417. The molecular weight excluding hydrogens is 204 g/mol. The zero-order valence-electron chi connectivity index (χ0n) is 9.66. The summed E-state index contributed by atoms with van der Waals surface area (Å²) in [5, 5.41) is 14.7. The molecule has 0 aliphatic carbocycles. The van der Waals surface area contributed by atoms with Gasteiger partial charge in [0.05, 0.1) is 0 Å². The van der Waals surface area contributed by atoms with Gasteiger partial charge in [0, 0.05) is 20.0 Å². The Morgan fingerprint density at radius 2 is 1.75 bits per heavy atom. The van der Waals surface area contributed by atoms with Crippen molar-refractivity contribution in [3.63, 3.8) is 0 Å². The number of carbonyl (C=O) groups excluding carboxylic acids is 1. The highest BCUT2D eigenvalue weighted by Gasteiger charge is 1.97. The van der Waals surface area contributed by atoms with Gasteiger partial charge >= 0.3 is 0 Å². The molecule has 0 saturated heterocycles. The van der Waals surface area contributed by atoms with Crippen molar-refractivity contribution in [1.82, 2.24) is 10.6 Å². The topological polar surface area (TPSA) is 61.4 Å². The van der Waals surface area contributed by atoms with E-state index in [9.17, 15) is 4.79 Å². The van der Waals surface area contributed by atoms with E-state index in [1.165, 1.54) is 6.92 Å². The third-order valence-electron chi connectivity index (χ3n) is 2.17. The Labute approximate surface area is 95.7 Å². The van der Waals surface area contributed by atoms with Crippen molar-refractivity contribution < 1.29 is 9.90 Å². The fourth-order valence-corrected chi connectivity index (χ4v) is 1.27. The van der Waals surface area contributed by atoms with Gasteiger partial charge in [-0.1, -0.05) is 24.3 Å². The third-order valence-corrected chi connectivity index (χ3v) is 2.17. The van der Waals surface area contributed by atoms with Crippen molar-refractivity contribution >= 4 is 5.91 Å². The second-order valence-electron chi connectivity index (χ2n) is 3.78. The van der Waals surface area contributed by atoms with E-state index in [1.807, 2.05) is 24.3 Å². The van der Waals surface area contributed by atoms with E-state index < -0.39 is 6.23 Å². The molecule has 1 rings (SSSR count). The number of hydrogen-bond acceptors (Lipinski definition) is 3. The van der Waals surface area contributed by atoms with Crippen LogP contribution in [0.5, 0.6) is 0 Å². The van der Waals surface area contributed by atoms with E-state index in [2.05, 4.69) is 10.6 Å². The lowest BCUT2D eigenvalue weighted by Crippen LogP contribution is -2.24. The molecule has 0 heterocycles. The molecule has 0 aliphatic heterocycles. The van der Waals surface area contributed by atoms with E-state index in [0.29, 0.717) is 13.1 Å². The highest BCUT2D eigenvalue weighted by molar-refractivity contribution is 5.72. The number of aliphatic hydroxyl groups is 1. The van der Waals surface area contributed by atoms with E-state index in [-0.39, 0.29) is 5.91 Å². The van der Waals surface area contributed by atoms with Crippen LogP contribution in [0.1, 0.15) is 25.0 Å². The van der Waals surface area contributed by atoms with Gasteiger partial charge in [0.25, 0.3) is 0 Å². The lowest BCUT2D eigenvalue weighted by Gasteiger charge is -2.08. The van der Waals surface area contributed by atoms with Crippen molar-refractivity contribution in [3.8, 4) is 0 Å². The lowest BCUT2D eigenvalue weighted by atomic mass is 10.1. The van der Waals surface area contributed by atoms with E-state index >= 15 is 0 Å². The highest BCUT2D eigenvalue weighted by Crippen LogP contribution is 2.04. The van der Waals surface area contributed by atoms with Crippen LogP contribution in [-0.4, -0.2) is 17.2 Å². The molecule has 0 aromatic heterocycles. The maximum atomic E-state index is 10.7. The van der Waals surface area contributed by atoms with Crippen LogP contribution in [0.15, 0.2) is 24.3 Å². The van der Waals surface area contributed by atoms with Crippen LogP contribution in [0.3, 0.4) is 0 Å². The van der Waals surface area contributed by atoms with Crippen molar-refractivity contribution in [2.75, 3.05) is 0 Å². The molecule has 16 heavy (non-hydrogen) atoms. The van der Waals surface area contributed by atoms with Gasteiger partial charge in [-0.05, 0) is 18.1 Å². The van der Waals surface area contributed by atoms with Gasteiger partial charge in [0.2, 0.25) is 5.91 Å². The monoisotopic (exact) mass is 222 g/mol. The summed E-state index contributed by atoms with van der Waals surface area (Å²) in [4.78, 5) is 10.7. The molecule has 4 heteroatoms. The predicted octanol–water partition coefficient (Wildman–Crippen LogP) is 0.751. The minimum absolute atomic E-state index is 0.0279. The molecule has 1 aromatic rings. The molecule has 3 N–H and O–H groups in total. The molecule has 1 atom stereocenters. The Hall–Kier alpha value is -1.39.